The Morgan fingerprint density at radius 3 is 2.52 bits per heavy atom. The summed E-state index contributed by atoms with van der Waals surface area (Å²) >= 11 is 0. The highest BCUT2D eigenvalue weighted by molar-refractivity contribution is 5.91. The van der Waals surface area contributed by atoms with E-state index in [0.717, 1.165) is 35.0 Å². The lowest BCUT2D eigenvalue weighted by atomic mass is 9.99. The quantitative estimate of drug-likeness (QED) is 0.815. The molecule has 1 amide bonds. The number of rotatable bonds is 6. The predicted molar refractivity (Wildman–Crippen MR) is 110 cm³/mol. The van der Waals surface area contributed by atoms with Gasteiger partial charge in [-0.05, 0) is 80.6 Å². The molecule has 2 aromatic carbocycles. The predicted octanol–water partition coefficient (Wildman–Crippen LogP) is 4.55. The van der Waals surface area contributed by atoms with Crippen molar-refractivity contribution in [3.63, 3.8) is 0 Å². The average molecular weight is 367 g/mol. The van der Waals surface area contributed by atoms with Crippen molar-refractivity contribution in [2.24, 2.45) is 5.92 Å². The van der Waals surface area contributed by atoms with Crippen LogP contribution in [0.25, 0.3) is 0 Å². The zero-order valence-corrected chi connectivity index (χ0v) is 16.6. The number of carbonyl (C=O) groups is 1. The Labute approximate surface area is 162 Å². The monoisotopic (exact) mass is 366 g/mol. The molecule has 0 bridgehead atoms. The van der Waals surface area contributed by atoms with E-state index in [2.05, 4.69) is 29.3 Å². The van der Waals surface area contributed by atoms with Crippen LogP contribution in [0.3, 0.4) is 0 Å². The molecule has 27 heavy (non-hydrogen) atoms. The summed E-state index contributed by atoms with van der Waals surface area (Å²) < 4.78 is 5.67. The molecule has 2 aromatic rings. The van der Waals surface area contributed by atoms with Crippen molar-refractivity contribution >= 4 is 11.6 Å². The Kier molecular flexibility index (Phi) is 6.51. The fourth-order valence-corrected chi connectivity index (χ4v) is 3.39. The zero-order valence-electron chi connectivity index (χ0n) is 16.6. The van der Waals surface area contributed by atoms with Gasteiger partial charge in [0, 0.05) is 12.2 Å². The van der Waals surface area contributed by atoms with E-state index in [4.69, 9.17) is 4.74 Å². The summed E-state index contributed by atoms with van der Waals surface area (Å²) in [7, 11) is 0. The number of amides is 1. The molecule has 3 rings (SSSR count). The van der Waals surface area contributed by atoms with Crippen LogP contribution in [0, 0.1) is 19.8 Å². The minimum atomic E-state index is -0.145. The number of ether oxygens (including phenoxy) is 1. The minimum absolute atomic E-state index is 0.0119. The maximum atomic E-state index is 12.2. The second kappa shape index (κ2) is 9.05. The number of likely N-dealkylation sites (tertiary alicyclic amines) is 1. The fraction of sp³-hybridized carbons (Fsp3) is 0.435. The van der Waals surface area contributed by atoms with Crippen molar-refractivity contribution in [1.29, 1.82) is 0 Å². The second-order valence-corrected chi connectivity index (χ2v) is 7.69. The van der Waals surface area contributed by atoms with Gasteiger partial charge >= 0.3 is 0 Å². The Balaban J connectivity index is 1.47. The van der Waals surface area contributed by atoms with Crippen LogP contribution in [0.5, 0.6) is 5.75 Å². The van der Waals surface area contributed by atoms with Gasteiger partial charge in [-0.25, -0.2) is 0 Å². The fourth-order valence-electron chi connectivity index (χ4n) is 3.39. The topological polar surface area (TPSA) is 41.6 Å². The number of piperidine rings is 1. The van der Waals surface area contributed by atoms with E-state index < -0.39 is 0 Å². The normalized spacial score (nSPS) is 15.5. The van der Waals surface area contributed by atoms with Gasteiger partial charge in [-0.2, -0.15) is 0 Å². The van der Waals surface area contributed by atoms with E-state index in [9.17, 15) is 4.79 Å². The first-order valence-electron chi connectivity index (χ1n) is 9.81. The summed E-state index contributed by atoms with van der Waals surface area (Å²) in [5.41, 5.74) is 4.32. The lowest BCUT2D eigenvalue weighted by Gasteiger charge is -2.30. The van der Waals surface area contributed by atoms with Crippen molar-refractivity contribution < 1.29 is 9.53 Å². The first-order chi connectivity index (χ1) is 13.0. The van der Waals surface area contributed by atoms with Crippen LogP contribution in [0.2, 0.25) is 0 Å². The number of nitrogens with one attached hydrogen (secondary N) is 1. The highest BCUT2D eigenvalue weighted by Gasteiger charge is 2.15. The first kappa shape index (κ1) is 19.4. The van der Waals surface area contributed by atoms with Gasteiger partial charge < -0.3 is 10.1 Å². The van der Waals surface area contributed by atoms with Crippen LogP contribution in [-0.4, -0.2) is 30.5 Å². The highest BCUT2D eigenvalue weighted by atomic mass is 16.5. The molecule has 144 valence electrons. The number of nitrogens with zero attached hydrogens (tertiary/aromatic N) is 1. The van der Waals surface area contributed by atoms with Crippen LogP contribution in [0.15, 0.2) is 42.5 Å². The van der Waals surface area contributed by atoms with Gasteiger partial charge in [0.15, 0.2) is 6.61 Å². The van der Waals surface area contributed by atoms with Gasteiger partial charge in [-0.1, -0.05) is 31.2 Å². The lowest BCUT2D eigenvalue weighted by Crippen LogP contribution is -2.32. The minimum Gasteiger partial charge on any atom is -0.483 e. The Hall–Kier alpha value is -2.33. The molecule has 1 N–H and O–H groups in total. The SMILES string of the molecule is Cc1cccc(OCC(=O)Nc2ccc(CN3CCC(C)CC3)cc2)c1C. The van der Waals surface area contributed by atoms with Crippen molar-refractivity contribution in [3.8, 4) is 5.75 Å². The number of aryl methyl sites for hydroxylation is 1. The van der Waals surface area contributed by atoms with E-state index in [0.29, 0.717) is 0 Å². The number of hydrogen-bond donors (Lipinski definition) is 1. The summed E-state index contributed by atoms with van der Waals surface area (Å²) in [6.07, 6.45) is 2.57. The standard InChI is InChI=1S/C23H30N2O2/c1-17-11-13-25(14-12-17)15-20-7-9-21(10-8-20)24-23(26)16-27-22-6-4-5-18(2)19(22)3/h4-10,17H,11-16H2,1-3H3,(H,24,26). The van der Waals surface area contributed by atoms with E-state index in [1.807, 2.05) is 44.2 Å². The molecule has 1 saturated heterocycles. The molecule has 0 saturated carbocycles. The van der Waals surface area contributed by atoms with Crippen LogP contribution in [0.4, 0.5) is 5.69 Å². The maximum Gasteiger partial charge on any atom is 0.262 e. The zero-order chi connectivity index (χ0) is 19.2. The van der Waals surface area contributed by atoms with E-state index in [-0.39, 0.29) is 12.5 Å². The summed E-state index contributed by atoms with van der Waals surface area (Å²) in [5, 5.41) is 2.91. The molecule has 4 nitrogen and oxygen atoms in total. The van der Waals surface area contributed by atoms with Crippen LogP contribution < -0.4 is 10.1 Å². The van der Waals surface area contributed by atoms with Crippen LogP contribution in [-0.2, 0) is 11.3 Å². The molecule has 0 unspecified atom stereocenters. The molecule has 4 heteroatoms. The van der Waals surface area contributed by atoms with E-state index in [1.54, 1.807) is 0 Å². The smallest absolute Gasteiger partial charge is 0.262 e. The van der Waals surface area contributed by atoms with Crippen molar-refractivity contribution in [2.75, 3.05) is 25.0 Å². The number of carbonyl (C=O) groups excluding carboxylic acids is 1. The highest BCUT2D eigenvalue weighted by Crippen LogP contribution is 2.21. The van der Waals surface area contributed by atoms with Crippen LogP contribution in [0.1, 0.15) is 36.5 Å². The Morgan fingerprint density at radius 1 is 1.11 bits per heavy atom. The third kappa shape index (κ3) is 5.57. The maximum absolute atomic E-state index is 12.2. The molecular weight excluding hydrogens is 336 g/mol. The van der Waals surface area contributed by atoms with Gasteiger partial charge in [-0.3, -0.25) is 9.69 Å². The van der Waals surface area contributed by atoms with Gasteiger partial charge in [0.1, 0.15) is 5.75 Å². The van der Waals surface area contributed by atoms with Crippen molar-refractivity contribution in [2.45, 2.75) is 40.2 Å². The third-order valence-electron chi connectivity index (χ3n) is 5.43. The molecule has 1 aliphatic heterocycles. The largest absolute Gasteiger partial charge is 0.483 e. The summed E-state index contributed by atoms with van der Waals surface area (Å²) in [6.45, 7) is 9.72. The number of benzene rings is 2. The second-order valence-electron chi connectivity index (χ2n) is 7.69. The van der Waals surface area contributed by atoms with Crippen molar-refractivity contribution in [3.05, 3.63) is 59.2 Å². The molecule has 1 heterocycles. The Morgan fingerprint density at radius 2 is 1.81 bits per heavy atom. The summed E-state index contributed by atoms with van der Waals surface area (Å²) in [5.74, 6) is 1.47. The first-order valence-corrected chi connectivity index (χ1v) is 9.81. The molecule has 0 aromatic heterocycles. The molecular formula is C23H30N2O2. The number of hydrogen-bond acceptors (Lipinski definition) is 3. The molecule has 0 radical (unpaired) electrons. The summed E-state index contributed by atoms with van der Waals surface area (Å²) in [6, 6.07) is 14.0. The molecule has 1 fully saturated rings. The van der Waals surface area contributed by atoms with Gasteiger partial charge in [-0.15, -0.1) is 0 Å². The van der Waals surface area contributed by atoms with Crippen molar-refractivity contribution in [1.82, 2.24) is 4.90 Å². The molecule has 0 spiro atoms. The van der Waals surface area contributed by atoms with E-state index in [1.165, 1.54) is 31.5 Å². The summed E-state index contributed by atoms with van der Waals surface area (Å²) in [4.78, 5) is 14.7. The molecule has 1 aliphatic rings. The average Bonchev–Trinajstić information content (AvgIpc) is 2.66. The number of anilines is 1. The molecule has 0 aliphatic carbocycles. The van der Waals surface area contributed by atoms with Gasteiger partial charge in [0.25, 0.3) is 5.91 Å². The van der Waals surface area contributed by atoms with E-state index >= 15 is 0 Å². The lowest BCUT2D eigenvalue weighted by molar-refractivity contribution is -0.118. The van der Waals surface area contributed by atoms with Gasteiger partial charge in [0.2, 0.25) is 0 Å². The third-order valence-corrected chi connectivity index (χ3v) is 5.43. The van der Waals surface area contributed by atoms with Crippen LogP contribution >= 0.6 is 0 Å². The van der Waals surface area contributed by atoms with Gasteiger partial charge in [0.05, 0.1) is 0 Å². The molecule has 0 atom stereocenters. The Bertz CT molecular complexity index is 762.